The standard InChI is InChI=1S/C19H18FN3S/c1-19(2)11-14-5-3-4-6-16(14)17-21-22-18(23(17)19)24-12-13-7-9-15(20)10-8-13/h3-10H,11-12H2,1-2H3. The normalized spacial score (nSPS) is 15.0. The maximum atomic E-state index is 13.0. The monoisotopic (exact) mass is 339 g/mol. The number of halogens is 1. The zero-order valence-electron chi connectivity index (χ0n) is 13.7. The van der Waals surface area contributed by atoms with Crippen LogP contribution in [0.15, 0.2) is 53.7 Å². The number of aromatic nitrogens is 3. The molecule has 3 aromatic rings. The van der Waals surface area contributed by atoms with Crippen molar-refractivity contribution in [3.8, 4) is 11.4 Å². The van der Waals surface area contributed by atoms with E-state index in [0.717, 1.165) is 34.3 Å². The Kier molecular flexibility index (Phi) is 3.68. The number of fused-ring (bicyclic) bond motifs is 3. The fraction of sp³-hybridized carbons (Fsp3) is 0.263. The summed E-state index contributed by atoms with van der Waals surface area (Å²) in [6, 6.07) is 15.0. The molecular formula is C19H18FN3S. The lowest BCUT2D eigenvalue weighted by atomic mass is 9.87. The van der Waals surface area contributed by atoms with Crippen molar-refractivity contribution in [1.29, 1.82) is 0 Å². The molecule has 0 unspecified atom stereocenters. The molecule has 4 rings (SSSR count). The second-order valence-corrected chi connectivity index (χ2v) is 7.65. The Balaban J connectivity index is 1.68. The number of nitrogens with zero attached hydrogens (tertiary/aromatic N) is 3. The van der Waals surface area contributed by atoms with Crippen LogP contribution in [-0.4, -0.2) is 14.8 Å². The van der Waals surface area contributed by atoms with Crippen LogP contribution in [0.1, 0.15) is 25.0 Å². The quantitative estimate of drug-likeness (QED) is 0.650. The van der Waals surface area contributed by atoms with E-state index in [1.165, 1.54) is 17.7 Å². The van der Waals surface area contributed by atoms with Gasteiger partial charge in [0, 0.05) is 16.9 Å². The number of hydrogen-bond acceptors (Lipinski definition) is 3. The Morgan fingerprint density at radius 3 is 2.62 bits per heavy atom. The van der Waals surface area contributed by atoms with Gasteiger partial charge in [0.25, 0.3) is 0 Å². The molecule has 3 nitrogen and oxygen atoms in total. The van der Waals surface area contributed by atoms with Gasteiger partial charge in [-0.1, -0.05) is 48.2 Å². The lowest BCUT2D eigenvalue weighted by Gasteiger charge is -2.34. The fourth-order valence-corrected chi connectivity index (χ4v) is 4.30. The van der Waals surface area contributed by atoms with Crippen LogP contribution in [0.25, 0.3) is 11.4 Å². The predicted octanol–water partition coefficient (Wildman–Crippen LogP) is 4.67. The third kappa shape index (κ3) is 2.63. The molecule has 0 amide bonds. The lowest BCUT2D eigenvalue weighted by Crippen LogP contribution is -2.33. The van der Waals surface area contributed by atoms with E-state index in [-0.39, 0.29) is 11.4 Å². The van der Waals surface area contributed by atoms with E-state index in [1.807, 2.05) is 18.2 Å². The van der Waals surface area contributed by atoms with Crippen LogP contribution in [0.2, 0.25) is 0 Å². The van der Waals surface area contributed by atoms with Crippen molar-refractivity contribution in [1.82, 2.24) is 14.8 Å². The molecule has 122 valence electrons. The van der Waals surface area contributed by atoms with Gasteiger partial charge in [0.05, 0.1) is 0 Å². The molecule has 0 spiro atoms. The molecule has 24 heavy (non-hydrogen) atoms. The van der Waals surface area contributed by atoms with E-state index < -0.39 is 0 Å². The largest absolute Gasteiger partial charge is 0.296 e. The van der Waals surface area contributed by atoms with Crippen molar-refractivity contribution in [2.24, 2.45) is 0 Å². The van der Waals surface area contributed by atoms with Crippen LogP contribution in [0.4, 0.5) is 4.39 Å². The zero-order valence-corrected chi connectivity index (χ0v) is 14.5. The molecular weight excluding hydrogens is 321 g/mol. The molecule has 0 atom stereocenters. The predicted molar refractivity (Wildman–Crippen MR) is 94.4 cm³/mol. The number of thioether (sulfide) groups is 1. The summed E-state index contributed by atoms with van der Waals surface area (Å²) >= 11 is 1.64. The van der Waals surface area contributed by atoms with Crippen molar-refractivity contribution in [3.05, 3.63) is 65.5 Å². The van der Waals surface area contributed by atoms with Gasteiger partial charge in [0.1, 0.15) is 5.82 Å². The Labute approximate surface area is 144 Å². The fourth-order valence-electron chi connectivity index (χ4n) is 3.25. The summed E-state index contributed by atoms with van der Waals surface area (Å²) in [6.07, 6.45) is 0.957. The third-order valence-corrected chi connectivity index (χ3v) is 5.40. The van der Waals surface area contributed by atoms with E-state index in [1.54, 1.807) is 11.8 Å². The molecule has 5 heteroatoms. The smallest absolute Gasteiger partial charge is 0.192 e. The number of hydrogen-bond donors (Lipinski definition) is 0. The summed E-state index contributed by atoms with van der Waals surface area (Å²) < 4.78 is 15.3. The number of rotatable bonds is 3. The number of benzene rings is 2. The highest BCUT2D eigenvalue weighted by Gasteiger charge is 2.34. The Hall–Kier alpha value is -2.14. The molecule has 0 radical (unpaired) electrons. The molecule has 0 fully saturated rings. The minimum Gasteiger partial charge on any atom is -0.296 e. The molecule has 0 saturated carbocycles. The minimum absolute atomic E-state index is 0.0711. The summed E-state index contributed by atoms with van der Waals surface area (Å²) in [5.41, 5.74) is 3.49. The summed E-state index contributed by atoms with van der Waals surface area (Å²) in [4.78, 5) is 0. The molecule has 1 aromatic heterocycles. The van der Waals surface area contributed by atoms with E-state index in [4.69, 9.17) is 0 Å². The van der Waals surface area contributed by atoms with E-state index in [0.29, 0.717) is 0 Å². The highest BCUT2D eigenvalue weighted by molar-refractivity contribution is 7.98. The highest BCUT2D eigenvalue weighted by atomic mass is 32.2. The van der Waals surface area contributed by atoms with E-state index >= 15 is 0 Å². The Bertz CT molecular complexity index is 884. The summed E-state index contributed by atoms with van der Waals surface area (Å²) in [6.45, 7) is 4.44. The molecule has 2 heterocycles. The molecule has 1 aliphatic heterocycles. The Morgan fingerprint density at radius 1 is 1.08 bits per heavy atom. The van der Waals surface area contributed by atoms with Gasteiger partial charge >= 0.3 is 0 Å². The highest BCUT2D eigenvalue weighted by Crippen LogP contribution is 2.40. The molecule has 0 aliphatic carbocycles. The minimum atomic E-state index is -0.207. The van der Waals surface area contributed by atoms with Gasteiger partial charge in [-0.05, 0) is 43.5 Å². The van der Waals surface area contributed by atoms with Crippen LogP contribution < -0.4 is 0 Å². The van der Waals surface area contributed by atoms with Gasteiger partial charge in [0.2, 0.25) is 0 Å². The van der Waals surface area contributed by atoms with Gasteiger partial charge in [-0.3, -0.25) is 4.57 Å². The van der Waals surface area contributed by atoms with Crippen molar-refractivity contribution < 1.29 is 4.39 Å². The molecule has 0 N–H and O–H groups in total. The third-order valence-electron chi connectivity index (χ3n) is 4.40. The second kappa shape index (κ2) is 5.74. The van der Waals surface area contributed by atoms with E-state index in [9.17, 15) is 4.39 Å². The first kappa shape index (κ1) is 15.4. The molecule has 0 saturated heterocycles. The average Bonchev–Trinajstić information content (AvgIpc) is 2.99. The molecule has 1 aliphatic rings. The van der Waals surface area contributed by atoms with E-state index in [2.05, 4.69) is 46.8 Å². The first-order valence-electron chi connectivity index (χ1n) is 7.96. The van der Waals surface area contributed by atoms with Crippen LogP contribution >= 0.6 is 11.8 Å². The summed E-state index contributed by atoms with van der Waals surface area (Å²) in [7, 11) is 0. The maximum absolute atomic E-state index is 13.0. The van der Waals surface area contributed by atoms with Crippen molar-refractivity contribution in [2.75, 3.05) is 0 Å². The van der Waals surface area contributed by atoms with Gasteiger partial charge in [-0.25, -0.2) is 4.39 Å². The van der Waals surface area contributed by atoms with Crippen LogP contribution in [0.3, 0.4) is 0 Å². The summed E-state index contributed by atoms with van der Waals surface area (Å²) in [5.74, 6) is 1.47. The topological polar surface area (TPSA) is 30.7 Å². The molecule has 0 bridgehead atoms. The van der Waals surface area contributed by atoms with Gasteiger partial charge in [0.15, 0.2) is 11.0 Å². The first-order valence-corrected chi connectivity index (χ1v) is 8.94. The zero-order chi connectivity index (χ0) is 16.7. The maximum Gasteiger partial charge on any atom is 0.192 e. The SMILES string of the molecule is CC1(C)Cc2ccccc2-c2nnc(SCc3ccc(F)cc3)n21. The first-order chi connectivity index (χ1) is 11.5. The summed E-state index contributed by atoms with van der Waals surface area (Å²) in [5, 5.41) is 9.79. The van der Waals surface area contributed by atoms with Crippen molar-refractivity contribution >= 4 is 11.8 Å². The van der Waals surface area contributed by atoms with Gasteiger partial charge < -0.3 is 0 Å². The average molecular weight is 339 g/mol. The van der Waals surface area contributed by atoms with Crippen molar-refractivity contribution in [2.45, 2.75) is 36.7 Å². The van der Waals surface area contributed by atoms with Crippen LogP contribution in [-0.2, 0) is 17.7 Å². The molecule has 2 aromatic carbocycles. The Morgan fingerprint density at radius 2 is 1.83 bits per heavy atom. The van der Waals surface area contributed by atoms with Crippen LogP contribution in [0.5, 0.6) is 0 Å². The van der Waals surface area contributed by atoms with Gasteiger partial charge in [-0.2, -0.15) is 0 Å². The van der Waals surface area contributed by atoms with Crippen LogP contribution in [0, 0.1) is 5.82 Å². The van der Waals surface area contributed by atoms with Crippen molar-refractivity contribution in [3.63, 3.8) is 0 Å². The second-order valence-electron chi connectivity index (χ2n) is 6.70. The lowest BCUT2D eigenvalue weighted by molar-refractivity contribution is 0.323. The van der Waals surface area contributed by atoms with Gasteiger partial charge in [-0.15, -0.1) is 10.2 Å².